The van der Waals surface area contributed by atoms with Crippen molar-refractivity contribution in [1.29, 1.82) is 0 Å². The Balaban J connectivity index is 1.89. The van der Waals surface area contributed by atoms with Gasteiger partial charge >= 0.3 is 0 Å². The Morgan fingerprint density at radius 3 is 2.40 bits per heavy atom. The summed E-state index contributed by atoms with van der Waals surface area (Å²) in [6.07, 6.45) is 6.61. The van der Waals surface area contributed by atoms with Gasteiger partial charge in [0.2, 0.25) is 0 Å². The topological polar surface area (TPSA) is 21.3 Å². The Morgan fingerprint density at radius 2 is 1.85 bits per heavy atom. The highest BCUT2D eigenvalue weighted by molar-refractivity contribution is 5.26. The summed E-state index contributed by atoms with van der Waals surface area (Å²) in [4.78, 5) is 0. The van der Waals surface area contributed by atoms with E-state index in [9.17, 15) is 0 Å². The van der Waals surface area contributed by atoms with E-state index in [1.54, 1.807) is 0 Å². The lowest BCUT2D eigenvalue weighted by molar-refractivity contribution is 0.00866. The Bertz CT molecular complexity index is 379. The molecule has 1 aromatic carbocycles. The van der Waals surface area contributed by atoms with Gasteiger partial charge in [0.05, 0.1) is 6.10 Å². The molecule has 2 rings (SSSR count). The Hall–Kier alpha value is -0.860. The van der Waals surface area contributed by atoms with Gasteiger partial charge in [-0.05, 0) is 56.2 Å². The third-order valence-electron chi connectivity index (χ3n) is 4.41. The molecule has 0 spiro atoms. The van der Waals surface area contributed by atoms with Crippen molar-refractivity contribution in [2.24, 2.45) is 0 Å². The maximum absolute atomic E-state index is 5.83. The summed E-state index contributed by atoms with van der Waals surface area (Å²) >= 11 is 0. The van der Waals surface area contributed by atoms with E-state index in [1.807, 2.05) is 0 Å². The van der Waals surface area contributed by atoms with Crippen LogP contribution in [0, 0.1) is 0 Å². The second kappa shape index (κ2) is 7.80. The smallest absolute Gasteiger partial charge is 0.0575 e. The number of hydrogen-bond acceptors (Lipinski definition) is 2. The van der Waals surface area contributed by atoms with Gasteiger partial charge in [-0.3, -0.25) is 0 Å². The molecular weight excluding hydrogens is 246 g/mol. The SMILES string of the molecule is CNC(CCC1CCCCO1)c1ccc(C(C)C)cc1. The largest absolute Gasteiger partial charge is 0.378 e. The molecule has 1 N–H and O–H groups in total. The van der Waals surface area contributed by atoms with Crippen LogP contribution in [0.4, 0.5) is 0 Å². The summed E-state index contributed by atoms with van der Waals surface area (Å²) in [6.45, 7) is 5.44. The zero-order valence-corrected chi connectivity index (χ0v) is 13.2. The zero-order chi connectivity index (χ0) is 14.4. The van der Waals surface area contributed by atoms with Crippen LogP contribution in [0.25, 0.3) is 0 Å². The molecule has 0 radical (unpaired) electrons. The van der Waals surface area contributed by atoms with Crippen LogP contribution in [0.15, 0.2) is 24.3 Å². The normalized spacial score (nSPS) is 21.1. The first kappa shape index (κ1) is 15.5. The molecule has 2 nitrogen and oxygen atoms in total. The second-order valence-electron chi connectivity index (χ2n) is 6.23. The molecular formula is C18H29NO. The van der Waals surface area contributed by atoms with Gasteiger partial charge in [0, 0.05) is 12.6 Å². The molecule has 1 fully saturated rings. The van der Waals surface area contributed by atoms with Gasteiger partial charge in [0.25, 0.3) is 0 Å². The summed E-state index contributed by atoms with van der Waals surface area (Å²) in [7, 11) is 2.06. The molecule has 1 aliphatic rings. The molecule has 112 valence electrons. The summed E-state index contributed by atoms with van der Waals surface area (Å²) in [5.74, 6) is 0.604. The highest BCUT2D eigenvalue weighted by Crippen LogP contribution is 2.25. The van der Waals surface area contributed by atoms with E-state index in [0.29, 0.717) is 18.1 Å². The van der Waals surface area contributed by atoms with Crippen molar-refractivity contribution in [1.82, 2.24) is 5.32 Å². The van der Waals surface area contributed by atoms with Crippen molar-refractivity contribution < 1.29 is 4.74 Å². The van der Waals surface area contributed by atoms with E-state index in [0.717, 1.165) is 19.4 Å². The molecule has 1 aromatic rings. The fourth-order valence-electron chi connectivity index (χ4n) is 2.98. The lowest BCUT2D eigenvalue weighted by Gasteiger charge is -2.25. The number of ether oxygens (including phenoxy) is 1. The zero-order valence-electron chi connectivity index (χ0n) is 13.2. The van der Waals surface area contributed by atoms with E-state index >= 15 is 0 Å². The van der Waals surface area contributed by atoms with Gasteiger partial charge in [0.15, 0.2) is 0 Å². The fraction of sp³-hybridized carbons (Fsp3) is 0.667. The Labute approximate surface area is 123 Å². The van der Waals surface area contributed by atoms with E-state index in [-0.39, 0.29) is 0 Å². The van der Waals surface area contributed by atoms with Crippen LogP contribution in [0.1, 0.15) is 69.0 Å². The minimum absolute atomic E-state index is 0.446. The first-order valence-electron chi connectivity index (χ1n) is 8.09. The molecule has 0 saturated carbocycles. The van der Waals surface area contributed by atoms with E-state index in [2.05, 4.69) is 50.5 Å². The van der Waals surface area contributed by atoms with Crippen LogP contribution in [-0.2, 0) is 4.74 Å². The molecule has 20 heavy (non-hydrogen) atoms. The van der Waals surface area contributed by atoms with Crippen LogP contribution >= 0.6 is 0 Å². The van der Waals surface area contributed by atoms with Crippen molar-refractivity contribution in [2.75, 3.05) is 13.7 Å². The third kappa shape index (κ3) is 4.32. The molecule has 0 bridgehead atoms. The van der Waals surface area contributed by atoms with E-state index < -0.39 is 0 Å². The highest BCUT2D eigenvalue weighted by Gasteiger charge is 2.17. The molecule has 0 amide bonds. The third-order valence-corrected chi connectivity index (χ3v) is 4.41. The van der Waals surface area contributed by atoms with Crippen LogP contribution in [0.2, 0.25) is 0 Å². The van der Waals surface area contributed by atoms with Crippen molar-refractivity contribution in [3.63, 3.8) is 0 Å². The quantitative estimate of drug-likeness (QED) is 0.830. The van der Waals surface area contributed by atoms with Gasteiger partial charge in [-0.1, -0.05) is 38.1 Å². The van der Waals surface area contributed by atoms with Gasteiger partial charge < -0.3 is 10.1 Å². The van der Waals surface area contributed by atoms with Gasteiger partial charge in [0.1, 0.15) is 0 Å². The number of hydrogen-bond donors (Lipinski definition) is 1. The van der Waals surface area contributed by atoms with Crippen molar-refractivity contribution in [3.05, 3.63) is 35.4 Å². The standard InChI is InChI=1S/C18H29NO/c1-14(2)15-7-9-16(10-8-15)18(19-3)12-11-17-6-4-5-13-20-17/h7-10,14,17-19H,4-6,11-13H2,1-3H3. The van der Waals surface area contributed by atoms with Crippen LogP contribution in [0.5, 0.6) is 0 Å². The number of rotatable bonds is 6. The lowest BCUT2D eigenvalue weighted by Crippen LogP contribution is -2.23. The first-order valence-corrected chi connectivity index (χ1v) is 8.09. The number of nitrogens with one attached hydrogen (secondary N) is 1. The average molecular weight is 275 g/mol. The predicted octanol–water partition coefficient (Wildman–Crippen LogP) is 4.42. The average Bonchev–Trinajstić information content (AvgIpc) is 2.49. The summed E-state index contributed by atoms with van der Waals surface area (Å²) in [5, 5.41) is 3.45. The summed E-state index contributed by atoms with van der Waals surface area (Å²) in [6, 6.07) is 9.53. The summed E-state index contributed by atoms with van der Waals surface area (Å²) < 4.78 is 5.83. The lowest BCUT2D eigenvalue weighted by atomic mass is 9.95. The maximum atomic E-state index is 5.83. The van der Waals surface area contributed by atoms with Crippen molar-refractivity contribution in [3.8, 4) is 0 Å². The Kier molecular flexibility index (Phi) is 6.06. The fourth-order valence-corrected chi connectivity index (χ4v) is 2.98. The minimum Gasteiger partial charge on any atom is -0.378 e. The summed E-state index contributed by atoms with van der Waals surface area (Å²) in [5.41, 5.74) is 2.81. The van der Waals surface area contributed by atoms with E-state index in [4.69, 9.17) is 4.74 Å². The predicted molar refractivity (Wildman–Crippen MR) is 85.2 cm³/mol. The number of benzene rings is 1. The maximum Gasteiger partial charge on any atom is 0.0575 e. The van der Waals surface area contributed by atoms with E-state index in [1.165, 1.54) is 30.4 Å². The molecule has 1 heterocycles. The van der Waals surface area contributed by atoms with Crippen molar-refractivity contribution in [2.45, 2.75) is 64.0 Å². The molecule has 0 aliphatic carbocycles. The van der Waals surface area contributed by atoms with Crippen LogP contribution in [0.3, 0.4) is 0 Å². The highest BCUT2D eigenvalue weighted by atomic mass is 16.5. The first-order chi connectivity index (χ1) is 9.70. The molecule has 2 atom stereocenters. The van der Waals surface area contributed by atoms with Crippen LogP contribution in [-0.4, -0.2) is 19.8 Å². The second-order valence-corrected chi connectivity index (χ2v) is 6.23. The molecule has 1 aliphatic heterocycles. The molecule has 2 unspecified atom stereocenters. The van der Waals surface area contributed by atoms with Gasteiger partial charge in [-0.15, -0.1) is 0 Å². The van der Waals surface area contributed by atoms with Crippen molar-refractivity contribution >= 4 is 0 Å². The molecule has 1 saturated heterocycles. The molecule has 2 heteroatoms. The van der Waals surface area contributed by atoms with Crippen LogP contribution < -0.4 is 5.32 Å². The van der Waals surface area contributed by atoms with Gasteiger partial charge in [-0.2, -0.15) is 0 Å². The molecule has 0 aromatic heterocycles. The monoisotopic (exact) mass is 275 g/mol. The van der Waals surface area contributed by atoms with Gasteiger partial charge in [-0.25, -0.2) is 0 Å². The minimum atomic E-state index is 0.446. The Morgan fingerprint density at radius 1 is 1.15 bits per heavy atom.